The average Bonchev–Trinajstić information content (AvgIpc) is 2.73. The van der Waals surface area contributed by atoms with Gasteiger partial charge in [0.15, 0.2) is 0 Å². The van der Waals surface area contributed by atoms with Gasteiger partial charge in [-0.2, -0.15) is 0 Å². The number of morpholine rings is 1. The molecule has 1 aliphatic heterocycles. The summed E-state index contributed by atoms with van der Waals surface area (Å²) in [5.41, 5.74) is 10.7. The van der Waals surface area contributed by atoms with Crippen molar-refractivity contribution >= 4 is 5.91 Å². The summed E-state index contributed by atoms with van der Waals surface area (Å²) in [7, 11) is 0. The lowest BCUT2D eigenvalue weighted by molar-refractivity contribution is -0.123. The van der Waals surface area contributed by atoms with Crippen LogP contribution in [0.4, 0.5) is 0 Å². The van der Waals surface area contributed by atoms with Crippen molar-refractivity contribution in [2.75, 3.05) is 13.2 Å². The number of carbonyl (C=O) groups excluding carboxylic acids is 1. The number of ether oxygens (including phenoxy) is 1. The second kappa shape index (κ2) is 5.15. The van der Waals surface area contributed by atoms with E-state index in [2.05, 4.69) is 18.7 Å². The Hall–Kier alpha value is -0.650. The number of amides is 1. The van der Waals surface area contributed by atoms with Crippen LogP contribution in [0.25, 0.3) is 0 Å². The summed E-state index contributed by atoms with van der Waals surface area (Å²) in [5.74, 6) is -0.362. The van der Waals surface area contributed by atoms with E-state index in [9.17, 15) is 4.79 Å². The van der Waals surface area contributed by atoms with Crippen molar-refractivity contribution in [1.82, 2.24) is 4.90 Å². The first kappa shape index (κ1) is 13.8. The number of rotatable bonds is 3. The predicted molar refractivity (Wildman–Crippen MR) is 70.0 cm³/mol. The van der Waals surface area contributed by atoms with Crippen molar-refractivity contribution in [1.29, 1.82) is 0 Å². The molecule has 5 heteroatoms. The quantitative estimate of drug-likeness (QED) is 0.756. The number of primary amides is 1. The maximum Gasteiger partial charge on any atom is 0.237 e. The molecule has 0 spiro atoms. The van der Waals surface area contributed by atoms with Crippen LogP contribution in [0.2, 0.25) is 0 Å². The highest BCUT2D eigenvalue weighted by atomic mass is 16.5. The molecule has 1 amide bonds. The molecule has 0 aromatic carbocycles. The van der Waals surface area contributed by atoms with Crippen molar-refractivity contribution in [2.45, 2.75) is 63.3 Å². The maximum atomic E-state index is 11.4. The molecule has 4 unspecified atom stereocenters. The zero-order valence-corrected chi connectivity index (χ0v) is 11.4. The van der Waals surface area contributed by atoms with E-state index in [1.165, 1.54) is 0 Å². The topological polar surface area (TPSA) is 81.6 Å². The zero-order chi connectivity index (χ0) is 13.3. The smallest absolute Gasteiger partial charge is 0.237 e. The Balaban J connectivity index is 2.05. The van der Waals surface area contributed by atoms with Gasteiger partial charge in [-0.15, -0.1) is 0 Å². The molecule has 2 aliphatic rings. The molecule has 1 saturated carbocycles. The molecule has 1 aliphatic carbocycles. The van der Waals surface area contributed by atoms with Gasteiger partial charge in [-0.3, -0.25) is 9.69 Å². The van der Waals surface area contributed by atoms with Gasteiger partial charge in [0, 0.05) is 18.6 Å². The lowest BCUT2D eigenvalue weighted by Crippen LogP contribution is -2.55. The van der Waals surface area contributed by atoms with Gasteiger partial charge in [0.05, 0.1) is 18.2 Å². The Morgan fingerprint density at radius 1 is 1.56 bits per heavy atom. The van der Waals surface area contributed by atoms with Crippen molar-refractivity contribution in [3.05, 3.63) is 0 Å². The molecule has 0 aromatic heterocycles. The monoisotopic (exact) mass is 255 g/mol. The molecule has 4 N–H and O–H groups in total. The average molecular weight is 255 g/mol. The third kappa shape index (κ3) is 2.53. The van der Waals surface area contributed by atoms with E-state index in [0.29, 0.717) is 24.9 Å². The maximum absolute atomic E-state index is 11.4. The van der Waals surface area contributed by atoms with Gasteiger partial charge in [-0.25, -0.2) is 0 Å². The van der Waals surface area contributed by atoms with Crippen LogP contribution in [0.1, 0.15) is 39.5 Å². The number of hydrogen-bond acceptors (Lipinski definition) is 4. The van der Waals surface area contributed by atoms with Gasteiger partial charge in [0.2, 0.25) is 5.91 Å². The number of hydrogen-bond donors (Lipinski definition) is 2. The van der Waals surface area contributed by atoms with Crippen LogP contribution in [0.15, 0.2) is 0 Å². The summed E-state index contributed by atoms with van der Waals surface area (Å²) in [6, 6.07) is 0.820. The van der Waals surface area contributed by atoms with E-state index >= 15 is 0 Å². The highest BCUT2D eigenvalue weighted by Gasteiger charge is 2.44. The van der Waals surface area contributed by atoms with Crippen LogP contribution < -0.4 is 11.5 Å². The fourth-order valence-electron chi connectivity index (χ4n) is 3.22. The zero-order valence-electron chi connectivity index (χ0n) is 11.4. The summed E-state index contributed by atoms with van der Waals surface area (Å²) in [6.45, 7) is 5.98. The molecule has 18 heavy (non-hydrogen) atoms. The Morgan fingerprint density at radius 3 is 2.83 bits per heavy atom. The molecule has 4 atom stereocenters. The van der Waals surface area contributed by atoms with Crippen molar-refractivity contribution < 1.29 is 9.53 Å². The van der Waals surface area contributed by atoms with Crippen molar-refractivity contribution in [2.24, 2.45) is 11.5 Å². The van der Waals surface area contributed by atoms with Gasteiger partial charge < -0.3 is 16.2 Å². The summed E-state index contributed by atoms with van der Waals surface area (Å²) in [4.78, 5) is 13.9. The van der Waals surface area contributed by atoms with Crippen molar-refractivity contribution in [3.63, 3.8) is 0 Å². The Labute approximate surface area is 109 Å². The largest absolute Gasteiger partial charge is 0.376 e. The predicted octanol–water partition coefficient (Wildman–Crippen LogP) is 0.221. The van der Waals surface area contributed by atoms with Gasteiger partial charge in [0.25, 0.3) is 0 Å². The second-order valence-corrected chi connectivity index (χ2v) is 5.82. The van der Waals surface area contributed by atoms with E-state index in [-0.39, 0.29) is 12.0 Å². The lowest BCUT2D eigenvalue weighted by atomic mass is 9.97. The number of nitrogens with two attached hydrogens (primary N) is 2. The van der Waals surface area contributed by atoms with E-state index in [0.717, 1.165) is 26.0 Å². The third-order valence-electron chi connectivity index (χ3n) is 4.46. The first-order valence-corrected chi connectivity index (χ1v) is 6.92. The SMILES string of the molecule is CCC1COC(C)CN1C1CCC(N)(C(N)=O)C1. The fourth-order valence-corrected chi connectivity index (χ4v) is 3.22. The van der Waals surface area contributed by atoms with E-state index < -0.39 is 5.54 Å². The highest BCUT2D eigenvalue weighted by Crippen LogP contribution is 2.33. The molecular weight excluding hydrogens is 230 g/mol. The molecule has 0 aromatic rings. The standard InChI is InChI=1S/C13H25N3O2/c1-3-10-8-18-9(2)7-16(10)11-4-5-13(15,6-11)12(14)17/h9-11H,3-8,15H2,1-2H3,(H2,14,17). The first-order valence-electron chi connectivity index (χ1n) is 6.92. The highest BCUT2D eigenvalue weighted by molar-refractivity contribution is 5.84. The van der Waals surface area contributed by atoms with Crippen LogP contribution >= 0.6 is 0 Å². The molecule has 2 rings (SSSR count). The van der Waals surface area contributed by atoms with Gasteiger partial charge >= 0.3 is 0 Å². The minimum atomic E-state index is -0.801. The van der Waals surface area contributed by atoms with E-state index in [1.54, 1.807) is 0 Å². The third-order valence-corrected chi connectivity index (χ3v) is 4.46. The van der Waals surface area contributed by atoms with Crippen LogP contribution in [-0.4, -0.2) is 47.7 Å². The first-order chi connectivity index (χ1) is 8.46. The molecule has 5 nitrogen and oxygen atoms in total. The molecule has 0 bridgehead atoms. The normalized spacial score (nSPS) is 42.1. The Morgan fingerprint density at radius 2 is 2.28 bits per heavy atom. The van der Waals surface area contributed by atoms with E-state index in [4.69, 9.17) is 16.2 Å². The molecule has 1 heterocycles. The summed E-state index contributed by atoms with van der Waals surface area (Å²) in [6.07, 6.45) is 3.68. The Kier molecular flexibility index (Phi) is 3.94. The van der Waals surface area contributed by atoms with Gasteiger partial charge in [-0.05, 0) is 32.6 Å². The summed E-state index contributed by atoms with van der Waals surface area (Å²) < 4.78 is 5.71. The summed E-state index contributed by atoms with van der Waals surface area (Å²) >= 11 is 0. The molecule has 1 saturated heterocycles. The minimum Gasteiger partial charge on any atom is -0.376 e. The number of carbonyl (C=O) groups is 1. The Bertz CT molecular complexity index is 323. The minimum absolute atomic E-state index is 0.258. The lowest BCUT2D eigenvalue weighted by Gasteiger charge is -2.42. The van der Waals surface area contributed by atoms with Crippen LogP contribution in [0, 0.1) is 0 Å². The van der Waals surface area contributed by atoms with Crippen LogP contribution in [0.5, 0.6) is 0 Å². The molecule has 104 valence electrons. The van der Waals surface area contributed by atoms with Crippen LogP contribution in [-0.2, 0) is 9.53 Å². The molecular formula is C13H25N3O2. The fraction of sp³-hybridized carbons (Fsp3) is 0.923. The van der Waals surface area contributed by atoms with Crippen molar-refractivity contribution in [3.8, 4) is 0 Å². The molecule has 2 fully saturated rings. The molecule has 0 radical (unpaired) electrons. The van der Waals surface area contributed by atoms with E-state index in [1.807, 2.05) is 0 Å². The number of nitrogens with zero attached hydrogens (tertiary/aromatic N) is 1. The summed E-state index contributed by atoms with van der Waals surface area (Å²) in [5, 5.41) is 0. The van der Waals surface area contributed by atoms with Gasteiger partial charge in [0.1, 0.15) is 0 Å². The van der Waals surface area contributed by atoms with Gasteiger partial charge in [-0.1, -0.05) is 6.92 Å². The van der Waals surface area contributed by atoms with Crippen LogP contribution in [0.3, 0.4) is 0 Å². The second-order valence-electron chi connectivity index (χ2n) is 5.82.